The van der Waals surface area contributed by atoms with Crippen molar-refractivity contribution in [3.63, 3.8) is 0 Å². The van der Waals surface area contributed by atoms with E-state index in [9.17, 15) is 62.6 Å². The van der Waals surface area contributed by atoms with Crippen LogP contribution in [0.25, 0.3) is 0 Å². The maximum Gasteiger partial charge on any atom is 0.303 e. The molecule has 3 aliphatic rings. The summed E-state index contributed by atoms with van der Waals surface area (Å²) in [5.74, 6) is -8.40. The molecule has 0 spiro atoms. The minimum absolute atomic E-state index is 0.0391. The fraction of sp³-hybridized carbons (Fsp3) is 0.786. The van der Waals surface area contributed by atoms with Crippen molar-refractivity contribution in [2.75, 3.05) is 66.1 Å². The fourth-order valence-electron chi connectivity index (χ4n) is 9.94. The zero-order chi connectivity index (χ0) is 65.1. The highest BCUT2D eigenvalue weighted by molar-refractivity contribution is 8.01. The normalized spacial score (nSPS) is 26.9. The van der Waals surface area contributed by atoms with E-state index >= 15 is 0 Å². The van der Waals surface area contributed by atoms with Crippen molar-refractivity contribution in [2.45, 2.75) is 208 Å². The quantitative estimate of drug-likeness (QED) is 0.0550. The summed E-state index contributed by atoms with van der Waals surface area (Å²) in [7, 11) is 0. The smallest absolute Gasteiger partial charge is 0.303 e. The third kappa shape index (κ3) is 27.0. The topological polar surface area (TPSA) is 364 Å². The zero-order valence-electron chi connectivity index (χ0n) is 51.2. The fourth-order valence-corrected chi connectivity index (χ4v) is 14.8. The molecule has 0 amide bonds. The molecule has 15 atom stereocenters. The van der Waals surface area contributed by atoms with Gasteiger partial charge >= 0.3 is 71.6 Å². The summed E-state index contributed by atoms with van der Waals surface area (Å²) in [6, 6.07) is 0. The number of esters is 12. The van der Waals surface area contributed by atoms with Crippen LogP contribution in [0.1, 0.15) is 122 Å². The van der Waals surface area contributed by atoms with E-state index in [1.165, 1.54) is 76.8 Å². The molecule has 3 rings (SSSR count). The number of carbonyl (C=O) groups excluding carboxylic acids is 12. The lowest BCUT2D eigenvalue weighted by atomic mass is 9.92. The van der Waals surface area contributed by atoms with Crippen LogP contribution in [-0.2, 0) is 129 Å². The largest absolute Gasteiger partial charge is 0.465 e. The third-order valence-corrected chi connectivity index (χ3v) is 18.0. The third-order valence-electron chi connectivity index (χ3n) is 13.2. The highest BCUT2D eigenvalue weighted by Crippen LogP contribution is 2.43. The molecule has 3 fully saturated rings. The molecular weight excluding hydrogens is 1220 g/mol. The number of hydrogen-bond acceptors (Lipinski definition) is 31. The van der Waals surface area contributed by atoms with E-state index in [0.29, 0.717) is 0 Å². The first-order chi connectivity index (χ1) is 40.9. The summed E-state index contributed by atoms with van der Waals surface area (Å²) >= 11 is 3.64. The van der Waals surface area contributed by atoms with E-state index in [0.717, 1.165) is 41.5 Å². The molecule has 1 N–H and O–H groups in total. The molecule has 3 saturated heterocycles. The minimum atomic E-state index is -1.28. The Morgan fingerprint density at radius 3 is 0.678 bits per heavy atom. The summed E-state index contributed by atoms with van der Waals surface area (Å²) in [5.41, 5.74) is -1.26. The molecule has 3 aliphatic heterocycles. The van der Waals surface area contributed by atoms with Gasteiger partial charge < -0.3 is 76.2 Å². The van der Waals surface area contributed by atoms with Gasteiger partial charge in [0.1, 0.15) is 19.8 Å². The lowest BCUT2D eigenvalue weighted by Crippen LogP contribution is -2.58. The van der Waals surface area contributed by atoms with Crippen LogP contribution in [0.3, 0.4) is 0 Å². The van der Waals surface area contributed by atoms with E-state index in [4.69, 9.17) is 71.1 Å². The van der Waals surface area contributed by atoms with E-state index in [1.807, 2.05) is 0 Å². The van der Waals surface area contributed by atoms with Crippen molar-refractivity contribution in [2.24, 2.45) is 5.41 Å². The number of aliphatic hydroxyl groups is 1. The molecular formula is C56H84O28S3. The van der Waals surface area contributed by atoms with Crippen LogP contribution in [0.2, 0.25) is 0 Å². The molecule has 0 bridgehead atoms. The van der Waals surface area contributed by atoms with Gasteiger partial charge in [-0.05, 0) is 38.5 Å². The summed E-state index contributed by atoms with van der Waals surface area (Å²) < 4.78 is 85.4. The van der Waals surface area contributed by atoms with Gasteiger partial charge in [-0.25, -0.2) is 0 Å². The van der Waals surface area contributed by atoms with Crippen molar-refractivity contribution < 1.29 is 134 Å². The molecule has 0 radical (unpaired) electrons. The van der Waals surface area contributed by atoms with E-state index in [-0.39, 0.29) is 98.0 Å². The first kappa shape index (κ1) is 75.8. The van der Waals surface area contributed by atoms with Crippen LogP contribution < -0.4 is 0 Å². The zero-order valence-corrected chi connectivity index (χ0v) is 53.6. The highest BCUT2D eigenvalue weighted by atomic mass is 32.2. The van der Waals surface area contributed by atoms with Crippen LogP contribution in [0.15, 0.2) is 0 Å². The van der Waals surface area contributed by atoms with Gasteiger partial charge in [-0.1, -0.05) is 0 Å². The Morgan fingerprint density at radius 2 is 0.494 bits per heavy atom. The monoisotopic (exact) mass is 1300 g/mol. The molecule has 0 aromatic carbocycles. The van der Waals surface area contributed by atoms with Gasteiger partial charge in [-0.3, -0.25) is 57.5 Å². The summed E-state index contributed by atoms with van der Waals surface area (Å²) in [6.45, 7) is 12.4. The van der Waals surface area contributed by atoms with Gasteiger partial charge in [0.25, 0.3) is 0 Å². The lowest BCUT2D eigenvalue weighted by Gasteiger charge is -2.44. The van der Waals surface area contributed by atoms with Crippen molar-refractivity contribution in [3.05, 3.63) is 0 Å². The second kappa shape index (κ2) is 38.2. The second-order valence-electron chi connectivity index (χ2n) is 21.0. The molecule has 87 heavy (non-hydrogen) atoms. The summed E-state index contributed by atoms with van der Waals surface area (Å²) in [5, 5.41) is 7.09. The minimum Gasteiger partial charge on any atom is -0.465 e. The Labute approximate surface area is 518 Å². The standard InChI is InChI=1S/C56H84O28S3/c1-29(58)73-22-44-50(79-35(7)64)53(82-38(10)67)47(76-32(4)61)41(85-44)16-13-19-70-26-56(25-57,27-71-20-14-17-42-48(77-33(5)62)54(83-39(11)68)51(80-36(8)65)45(86-42)23-74-30(2)59)28-72-21-15-18-43-49(78-34(6)63)55(84-40(12)69)52(81-37(9)66)46(87-43)24-75-31(3)60/h41-55,57H,13-28H2,1-12H3/t41-,42-,43-,44+,45+,46+,47-,48-,49-,50+,51+,52+,53+,54+,55+/m0/s1. The SMILES string of the molecule is CC(=O)OC[C@H]1S[C@@H](CCCOCC(CO)(COCCC[C@@H]2S[C@H](COC(C)=O)[C@@H](OC(C)=O)[C@H](OC(C)=O)[C@H]2OC(C)=O)COCCC[C@@H]2S[C@H](COC(C)=O)[C@@H](OC(C)=O)[C@H](OC(C)=O)[C@H]2OC(C)=O)[C@H](OC(C)=O)[C@@H](OC(C)=O)[C@@H]1OC(C)=O. The predicted molar refractivity (Wildman–Crippen MR) is 305 cm³/mol. The lowest BCUT2D eigenvalue weighted by molar-refractivity contribution is -0.186. The number of thioether (sulfide) groups is 3. The van der Waals surface area contributed by atoms with Gasteiger partial charge in [0, 0.05) is 119 Å². The number of ether oxygens (including phenoxy) is 15. The van der Waals surface area contributed by atoms with Crippen molar-refractivity contribution in [3.8, 4) is 0 Å². The van der Waals surface area contributed by atoms with Crippen LogP contribution in [0.5, 0.6) is 0 Å². The molecule has 3 heterocycles. The first-order valence-electron chi connectivity index (χ1n) is 28.2. The van der Waals surface area contributed by atoms with Crippen LogP contribution in [0, 0.1) is 5.41 Å². The van der Waals surface area contributed by atoms with Crippen LogP contribution in [0.4, 0.5) is 0 Å². The van der Waals surface area contributed by atoms with E-state index in [2.05, 4.69) is 0 Å². The molecule has 0 aromatic heterocycles. The molecule has 0 aliphatic carbocycles. The Hall–Kier alpha value is -5.47. The van der Waals surface area contributed by atoms with Gasteiger partial charge in [0.05, 0.1) is 47.6 Å². The average molecular weight is 1300 g/mol. The number of carbonyl (C=O) groups is 12. The highest BCUT2D eigenvalue weighted by Gasteiger charge is 2.54. The Kier molecular flexibility index (Phi) is 33.2. The molecule has 28 nitrogen and oxygen atoms in total. The van der Waals surface area contributed by atoms with E-state index in [1.54, 1.807) is 0 Å². The van der Waals surface area contributed by atoms with Crippen molar-refractivity contribution in [1.29, 1.82) is 0 Å². The maximum absolute atomic E-state index is 12.5. The Balaban J connectivity index is 1.91. The van der Waals surface area contributed by atoms with Crippen LogP contribution >= 0.6 is 35.3 Å². The number of aliphatic hydroxyl groups excluding tert-OH is 1. The second-order valence-corrected chi connectivity index (χ2v) is 25.4. The van der Waals surface area contributed by atoms with Gasteiger partial charge in [-0.15, -0.1) is 35.3 Å². The summed E-state index contributed by atoms with van der Waals surface area (Å²) in [4.78, 5) is 148. The number of hydrogen-bond donors (Lipinski definition) is 1. The Morgan fingerprint density at radius 1 is 0.299 bits per heavy atom. The van der Waals surface area contributed by atoms with Gasteiger partial charge in [0.15, 0.2) is 54.9 Å². The first-order valence-corrected chi connectivity index (χ1v) is 31.0. The average Bonchev–Trinajstić information content (AvgIpc) is 0.985. The maximum atomic E-state index is 12.5. The molecule has 0 saturated carbocycles. The van der Waals surface area contributed by atoms with Crippen LogP contribution in [-0.4, -0.2) is 229 Å². The Bertz CT molecular complexity index is 2090. The van der Waals surface area contributed by atoms with Crippen molar-refractivity contribution >= 4 is 107 Å². The number of rotatable bonds is 34. The van der Waals surface area contributed by atoms with Gasteiger partial charge in [0.2, 0.25) is 0 Å². The molecule has 0 aromatic rings. The molecule has 0 unspecified atom stereocenters. The van der Waals surface area contributed by atoms with Crippen molar-refractivity contribution in [1.82, 2.24) is 0 Å². The molecule has 494 valence electrons. The van der Waals surface area contributed by atoms with E-state index < -0.39 is 170 Å². The van der Waals surface area contributed by atoms with Gasteiger partial charge in [-0.2, -0.15) is 0 Å². The molecule has 31 heteroatoms. The summed E-state index contributed by atoms with van der Waals surface area (Å²) in [6.07, 6.45) is -9.09. The predicted octanol–water partition coefficient (Wildman–Crippen LogP) is 2.88.